The molecule has 2 aromatic carbocycles. The van der Waals surface area contributed by atoms with Gasteiger partial charge in [-0.2, -0.15) is 0 Å². The van der Waals surface area contributed by atoms with Gasteiger partial charge in [0.15, 0.2) is 0 Å². The summed E-state index contributed by atoms with van der Waals surface area (Å²) >= 11 is 0. The summed E-state index contributed by atoms with van der Waals surface area (Å²) in [6.45, 7) is 8.81. The molecule has 0 heterocycles. The molecule has 2 amide bonds. The number of hydrogen-bond acceptors (Lipinski definition) is 7. The summed E-state index contributed by atoms with van der Waals surface area (Å²) in [5.74, 6) is -1.13. The van der Waals surface area contributed by atoms with Crippen LogP contribution < -0.4 is 10.6 Å². The number of rotatable bonds is 12. The lowest BCUT2D eigenvalue weighted by molar-refractivity contribution is -0.385. The van der Waals surface area contributed by atoms with Gasteiger partial charge in [-0.1, -0.05) is 48.5 Å². The van der Waals surface area contributed by atoms with Gasteiger partial charge in [0.1, 0.15) is 18.2 Å². The molecule has 38 heavy (non-hydrogen) atoms. The molecule has 10 nitrogen and oxygen atoms in total. The fourth-order valence-electron chi connectivity index (χ4n) is 3.68. The van der Waals surface area contributed by atoms with Crippen molar-refractivity contribution in [3.8, 4) is 0 Å². The Bertz CT molecular complexity index is 1110. The summed E-state index contributed by atoms with van der Waals surface area (Å²) in [6.07, 6.45) is 0.740. The van der Waals surface area contributed by atoms with Crippen LogP contribution >= 0.6 is 0 Å². The van der Waals surface area contributed by atoms with Crippen LogP contribution in [-0.4, -0.2) is 41.1 Å². The molecule has 206 valence electrons. The van der Waals surface area contributed by atoms with E-state index in [1.165, 1.54) is 18.2 Å². The summed E-state index contributed by atoms with van der Waals surface area (Å²) in [5.41, 5.74) is -1.11. The molecule has 0 fully saturated rings. The van der Waals surface area contributed by atoms with Crippen molar-refractivity contribution in [2.24, 2.45) is 0 Å². The van der Waals surface area contributed by atoms with Crippen LogP contribution in [0, 0.1) is 10.1 Å². The number of unbranched alkanes of at least 4 members (excludes halogenated alkanes) is 1. The van der Waals surface area contributed by atoms with Crippen LogP contribution in [0.1, 0.15) is 65.0 Å². The Balaban J connectivity index is 1.97. The maximum atomic E-state index is 13.3. The Morgan fingerprint density at radius 3 is 2.21 bits per heavy atom. The van der Waals surface area contributed by atoms with Crippen LogP contribution in [0.3, 0.4) is 0 Å². The van der Waals surface area contributed by atoms with Gasteiger partial charge in [-0.3, -0.25) is 14.9 Å². The van der Waals surface area contributed by atoms with E-state index in [1.54, 1.807) is 40.7 Å². The first-order chi connectivity index (χ1) is 17.8. The maximum absolute atomic E-state index is 13.3. The predicted molar refractivity (Wildman–Crippen MR) is 142 cm³/mol. The average Bonchev–Trinajstić information content (AvgIpc) is 2.85. The number of ether oxygens (including phenoxy) is 2. The third-order valence-electron chi connectivity index (χ3n) is 5.74. The highest BCUT2D eigenvalue weighted by Gasteiger charge is 2.38. The molecular formula is C28H37N3O7. The second-order valence-corrected chi connectivity index (χ2v) is 10.4. The van der Waals surface area contributed by atoms with Crippen LogP contribution in [0.4, 0.5) is 10.5 Å². The molecule has 0 radical (unpaired) electrons. The first kappa shape index (κ1) is 30.3. The van der Waals surface area contributed by atoms with Crippen LogP contribution in [0.5, 0.6) is 0 Å². The maximum Gasteiger partial charge on any atom is 0.407 e. The van der Waals surface area contributed by atoms with Crippen molar-refractivity contribution in [2.45, 2.75) is 77.5 Å². The number of para-hydroxylation sites is 1. The summed E-state index contributed by atoms with van der Waals surface area (Å²) in [6, 6.07) is 14.4. The lowest BCUT2D eigenvalue weighted by atomic mass is 9.82. The van der Waals surface area contributed by atoms with Gasteiger partial charge in [0.05, 0.1) is 10.3 Å². The molecule has 1 atom stereocenters. The van der Waals surface area contributed by atoms with Crippen LogP contribution in [0.15, 0.2) is 54.6 Å². The second-order valence-electron chi connectivity index (χ2n) is 10.4. The van der Waals surface area contributed by atoms with E-state index in [1.807, 2.05) is 30.3 Å². The van der Waals surface area contributed by atoms with E-state index >= 15 is 0 Å². The van der Waals surface area contributed by atoms with Crippen molar-refractivity contribution in [3.63, 3.8) is 0 Å². The molecule has 2 N–H and O–H groups in total. The highest BCUT2D eigenvalue weighted by molar-refractivity contribution is 5.92. The molecule has 2 aromatic rings. The number of amides is 2. The van der Waals surface area contributed by atoms with E-state index in [0.717, 1.165) is 5.56 Å². The zero-order valence-electron chi connectivity index (χ0n) is 22.6. The van der Waals surface area contributed by atoms with Crippen molar-refractivity contribution >= 4 is 23.7 Å². The molecular weight excluding hydrogens is 490 g/mol. The molecule has 0 aromatic heterocycles. The lowest BCUT2D eigenvalue weighted by Gasteiger charge is -2.29. The van der Waals surface area contributed by atoms with E-state index < -0.39 is 40.0 Å². The van der Waals surface area contributed by atoms with Gasteiger partial charge in [-0.05, 0) is 59.4 Å². The Hall–Kier alpha value is -3.95. The number of benzene rings is 2. The van der Waals surface area contributed by atoms with Crippen molar-refractivity contribution in [1.29, 1.82) is 0 Å². The minimum Gasteiger partial charge on any atom is -0.458 e. The van der Waals surface area contributed by atoms with Gasteiger partial charge in [0.2, 0.25) is 5.91 Å². The monoisotopic (exact) mass is 527 g/mol. The Morgan fingerprint density at radius 2 is 1.58 bits per heavy atom. The topological polar surface area (TPSA) is 137 Å². The SMILES string of the molecule is CC(C)(C)OC(=O)[C@H](CCCCNC(=O)OCc1ccccc1)NC(=O)C(C)(C)c1ccccc1[N+](=O)[O-]. The minimum absolute atomic E-state index is 0.161. The quantitative estimate of drug-likeness (QED) is 0.175. The third kappa shape index (κ3) is 9.49. The summed E-state index contributed by atoms with van der Waals surface area (Å²) in [5, 5.41) is 16.9. The highest BCUT2D eigenvalue weighted by Crippen LogP contribution is 2.31. The van der Waals surface area contributed by atoms with Gasteiger partial charge < -0.3 is 20.1 Å². The van der Waals surface area contributed by atoms with Crippen molar-refractivity contribution in [1.82, 2.24) is 10.6 Å². The normalized spacial score (nSPS) is 12.2. The Kier molecular flexibility index (Phi) is 10.8. The third-order valence-corrected chi connectivity index (χ3v) is 5.74. The number of carbonyl (C=O) groups excluding carboxylic acids is 3. The fourth-order valence-corrected chi connectivity index (χ4v) is 3.68. The summed E-state index contributed by atoms with van der Waals surface area (Å²) in [4.78, 5) is 49.1. The molecule has 10 heteroatoms. The predicted octanol–water partition coefficient (Wildman–Crippen LogP) is 4.80. The van der Waals surface area contributed by atoms with Gasteiger partial charge >= 0.3 is 12.1 Å². The molecule has 0 aliphatic carbocycles. The first-order valence-corrected chi connectivity index (χ1v) is 12.5. The molecule has 2 rings (SSSR count). The fraction of sp³-hybridized carbons (Fsp3) is 0.464. The van der Waals surface area contributed by atoms with E-state index in [2.05, 4.69) is 10.6 Å². The Morgan fingerprint density at radius 1 is 0.947 bits per heavy atom. The van der Waals surface area contributed by atoms with Gasteiger partial charge in [0.25, 0.3) is 5.69 Å². The molecule has 0 unspecified atom stereocenters. The smallest absolute Gasteiger partial charge is 0.407 e. The second kappa shape index (κ2) is 13.6. The van der Waals surface area contributed by atoms with E-state index in [0.29, 0.717) is 19.4 Å². The van der Waals surface area contributed by atoms with Crippen LogP contribution in [-0.2, 0) is 31.1 Å². The molecule has 0 aliphatic rings. The molecule has 0 saturated carbocycles. The van der Waals surface area contributed by atoms with Crippen molar-refractivity contribution < 1.29 is 28.8 Å². The molecule has 0 spiro atoms. The van der Waals surface area contributed by atoms with E-state index in [-0.39, 0.29) is 24.3 Å². The largest absolute Gasteiger partial charge is 0.458 e. The summed E-state index contributed by atoms with van der Waals surface area (Å²) in [7, 11) is 0. The van der Waals surface area contributed by atoms with Crippen LogP contribution in [0.2, 0.25) is 0 Å². The standard InChI is InChI=1S/C28H37N3O7/c1-27(2,3)38-24(32)22(16-11-12-18-29-26(34)37-19-20-13-7-6-8-14-20)30-25(33)28(4,5)21-15-9-10-17-23(21)31(35)36/h6-10,13-15,17,22H,11-12,16,18-19H2,1-5H3,(H,29,34)(H,30,33)/t22-/m0/s1. The number of esters is 1. The van der Waals surface area contributed by atoms with Gasteiger partial charge in [-0.25, -0.2) is 9.59 Å². The molecule has 0 aliphatic heterocycles. The lowest BCUT2D eigenvalue weighted by Crippen LogP contribution is -2.50. The van der Waals surface area contributed by atoms with Crippen molar-refractivity contribution in [2.75, 3.05) is 6.54 Å². The number of hydrogen-bond donors (Lipinski definition) is 2. The number of nitrogens with zero attached hydrogens (tertiary/aromatic N) is 1. The first-order valence-electron chi connectivity index (χ1n) is 12.5. The zero-order chi connectivity index (χ0) is 28.3. The number of nitro benzene ring substituents is 1. The van der Waals surface area contributed by atoms with E-state index in [9.17, 15) is 24.5 Å². The number of alkyl carbamates (subject to hydrolysis) is 1. The summed E-state index contributed by atoms with van der Waals surface area (Å²) < 4.78 is 10.7. The minimum atomic E-state index is -1.28. The van der Waals surface area contributed by atoms with Gasteiger partial charge in [-0.15, -0.1) is 0 Å². The van der Waals surface area contributed by atoms with Crippen LogP contribution in [0.25, 0.3) is 0 Å². The zero-order valence-corrected chi connectivity index (χ0v) is 22.6. The average molecular weight is 528 g/mol. The molecule has 0 bridgehead atoms. The van der Waals surface area contributed by atoms with Crippen molar-refractivity contribution in [3.05, 3.63) is 75.8 Å². The van der Waals surface area contributed by atoms with E-state index in [4.69, 9.17) is 9.47 Å². The highest BCUT2D eigenvalue weighted by atomic mass is 16.6. The Labute approximate surface area is 223 Å². The molecule has 0 saturated heterocycles. The number of nitro groups is 1. The number of nitrogens with one attached hydrogen (secondary N) is 2. The number of carbonyl (C=O) groups is 3. The van der Waals surface area contributed by atoms with Gasteiger partial charge in [0, 0.05) is 18.2 Å².